The van der Waals surface area contributed by atoms with Gasteiger partial charge in [-0.15, -0.1) is 0 Å². The van der Waals surface area contributed by atoms with Crippen molar-refractivity contribution >= 4 is 19.8 Å². The van der Waals surface area contributed by atoms with Crippen LogP contribution in [0.2, 0.25) is 0 Å². The van der Waals surface area contributed by atoms with Crippen molar-refractivity contribution in [2.45, 2.75) is 213 Å². The molecule has 0 radical (unpaired) electrons. The summed E-state index contributed by atoms with van der Waals surface area (Å²) in [7, 11) is -4.39. The summed E-state index contributed by atoms with van der Waals surface area (Å²) in [5, 5.41) is 0. The van der Waals surface area contributed by atoms with Crippen molar-refractivity contribution in [3.63, 3.8) is 0 Å². The predicted molar refractivity (Wildman–Crippen MR) is 238 cm³/mol. The maximum Gasteiger partial charge on any atom is 0.472 e. The van der Waals surface area contributed by atoms with Crippen molar-refractivity contribution in [3.8, 4) is 0 Å². The summed E-state index contributed by atoms with van der Waals surface area (Å²) < 4.78 is 32.8. The Hall–Kier alpha value is -2.03. The molecule has 2 atom stereocenters. The van der Waals surface area contributed by atoms with Gasteiger partial charge in [0.05, 0.1) is 13.2 Å². The molecule has 0 saturated carbocycles. The molecule has 1 unspecified atom stereocenters. The molecule has 0 aliphatic carbocycles. The van der Waals surface area contributed by atoms with Crippen LogP contribution in [0.25, 0.3) is 0 Å². The second-order valence-electron chi connectivity index (χ2n) is 15.3. The average molecular weight is 824 g/mol. The first-order chi connectivity index (χ1) is 27.8. The summed E-state index contributed by atoms with van der Waals surface area (Å²) >= 11 is 0. The highest BCUT2D eigenvalue weighted by atomic mass is 31.2. The van der Waals surface area contributed by atoms with Gasteiger partial charge in [0.1, 0.15) is 6.61 Å². The van der Waals surface area contributed by atoms with Gasteiger partial charge in [-0.1, -0.05) is 184 Å². The molecule has 0 heterocycles. The first kappa shape index (κ1) is 55.0. The standard InChI is InChI=1S/C47H86NO8P/c1-3-5-7-9-11-13-15-17-19-21-22-24-26-28-30-32-34-36-38-40-47(50)56-45(44-55-57(51,52)54-42-41-48)43-53-46(49)39-37-35-33-31-29-27-25-23-20-18-16-14-12-10-8-6-4-2/h11,13,17,19,22,24,28,30,45H,3-10,12,14-16,18,20-21,23,25-27,29,31-44,48H2,1-2H3,(H,51,52)/t45-/m1/s1. The lowest BCUT2D eigenvalue weighted by Gasteiger charge is -2.19. The first-order valence-electron chi connectivity index (χ1n) is 23.1. The molecule has 9 nitrogen and oxygen atoms in total. The molecule has 0 amide bonds. The van der Waals surface area contributed by atoms with Crippen LogP contribution in [0.15, 0.2) is 48.6 Å². The molecule has 0 fully saturated rings. The molecule has 0 bridgehead atoms. The van der Waals surface area contributed by atoms with Crippen LogP contribution in [0.3, 0.4) is 0 Å². The van der Waals surface area contributed by atoms with Gasteiger partial charge in [-0.25, -0.2) is 4.57 Å². The first-order valence-corrected chi connectivity index (χ1v) is 24.6. The highest BCUT2D eigenvalue weighted by molar-refractivity contribution is 7.47. The Morgan fingerprint density at radius 3 is 1.39 bits per heavy atom. The highest BCUT2D eigenvalue weighted by Gasteiger charge is 2.26. The number of hydrogen-bond donors (Lipinski definition) is 2. The van der Waals surface area contributed by atoms with Crippen molar-refractivity contribution in [3.05, 3.63) is 48.6 Å². The quantitative estimate of drug-likeness (QED) is 0.0267. The van der Waals surface area contributed by atoms with E-state index in [0.29, 0.717) is 6.42 Å². The minimum atomic E-state index is -4.39. The Labute approximate surface area is 349 Å². The number of nitrogens with two attached hydrogens (primary N) is 1. The average Bonchev–Trinajstić information content (AvgIpc) is 3.20. The Bertz CT molecular complexity index is 1080. The summed E-state index contributed by atoms with van der Waals surface area (Å²) in [5.74, 6) is -0.860. The number of allylic oxidation sites excluding steroid dienone is 8. The Balaban J connectivity index is 4.18. The second kappa shape index (κ2) is 43.5. The fourth-order valence-corrected chi connectivity index (χ4v) is 7.03. The largest absolute Gasteiger partial charge is 0.472 e. The lowest BCUT2D eigenvalue weighted by molar-refractivity contribution is -0.161. The second-order valence-corrected chi connectivity index (χ2v) is 16.7. The zero-order chi connectivity index (χ0) is 41.8. The van der Waals surface area contributed by atoms with E-state index in [-0.39, 0.29) is 38.6 Å². The molecule has 0 rings (SSSR count). The maximum atomic E-state index is 12.6. The Kier molecular flexibility index (Phi) is 42.0. The van der Waals surface area contributed by atoms with Gasteiger partial charge in [0.2, 0.25) is 0 Å². The van der Waals surface area contributed by atoms with E-state index in [9.17, 15) is 19.0 Å². The SMILES string of the molecule is CCCCCC=CCC=CCC=CCC=CCCCCCC(=O)O[C@H](COC(=O)CCCCCCCCCCCCCCCCCCC)COP(=O)(O)OCCN. The van der Waals surface area contributed by atoms with E-state index in [1.807, 2.05) is 0 Å². The third-order valence-electron chi connectivity index (χ3n) is 9.72. The van der Waals surface area contributed by atoms with Gasteiger partial charge in [0.15, 0.2) is 6.10 Å². The van der Waals surface area contributed by atoms with Crippen LogP contribution in [0.4, 0.5) is 0 Å². The zero-order valence-corrected chi connectivity index (χ0v) is 37.5. The fraction of sp³-hybridized carbons (Fsp3) is 0.787. The zero-order valence-electron chi connectivity index (χ0n) is 36.6. The summed E-state index contributed by atoms with van der Waals surface area (Å²) in [6, 6.07) is 0. The summed E-state index contributed by atoms with van der Waals surface area (Å²) in [5.41, 5.74) is 5.35. The molecule has 0 aliphatic rings. The number of phosphoric acid groups is 1. The molecule has 10 heteroatoms. The minimum absolute atomic E-state index is 0.0474. The van der Waals surface area contributed by atoms with Crippen molar-refractivity contribution in [1.82, 2.24) is 0 Å². The van der Waals surface area contributed by atoms with Gasteiger partial charge < -0.3 is 20.1 Å². The molecule has 0 aromatic heterocycles. The molecule has 332 valence electrons. The molecule has 0 aromatic carbocycles. The maximum absolute atomic E-state index is 12.6. The van der Waals surface area contributed by atoms with Crippen LogP contribution in [-0.2, 0) is 32.7 Å². The van der Waals surface area contributed by atoms with E-state index in [1.165, 1.54) is 116 Å². The topological polar surface area (TPSA) is 134 Å². The van der Waals surface area contributed by atoms with Crippen LogP contribution >= 0.6 is 7.82 Å². The monoisotopic (exact) mass is 824 g/mol. The van der Waals surface area contributed by atoms with E-state index in [4.69, 9.17) is 24.3 Å². The fourth-order valence-electron chi connectivity index (χ4n) is 6.27. The number of unbranched alkanes of at least 4 members (excludes halogenated alkanes) is 22. The Morgan fingerprint density at radius 2 is 0.912 bits per heavy atom. The number of hydrogen-bond acceptors (Lipinski definition) is 8. The number of rotatable bonds is 43. The third-order valence-corrected chi connectivity index (χ3v) is 10.7. The molecule has 0 aliphatic heterocycles. The van der Waals surface area contributed by atoms with E-state index >= 15 is 0 Å². The lowest BCUT2D eigenvalue weighted by atomic mass is 10.0. The van der Waals surface area contributed by atoms with Crippen LogP contribution in [0.5, 0.6) is 0 Å². The molecule has 3 N–H and O–H groups in total. The molecule has 0 saturated heterocycles. The van der Waals surface area contributed by atoms with E-state index in [0.717, 1.165) is 57.8 Å². The van der Waals surface area contributed by atoms with Gasteiger partial charge in [0, 0.05) is 19.4 Å². The summed E-state index contributed by atoms with van der Waals surface area (Å²) in [6.07, 6.45) is 50.0. The number of esters is 2. The van der Waals surface area contributed by atoms with Gasteiger partial charge in [-0.2, -0.15) is 0 Å². The number of phosphoric ester groups is 1. The minimum Gasteiger partial charge on any atom is -0.462 e. The highest BCUT2D eigenvalue weighted by Crippen LogP contribution is 2.43. The van der Waals surface area contributed by atoms with E-state index in [1.54, 1.807) is 0 Å². The van der Waals surface area contributed by atoms with E-state index < -0.39 is 26.5 Å². The van der Waals surface area contributed by atoms with Gasteiger partial charge in [0.25, 0.3) is 0 Å². The molecule has 57 heavy (non-hydrogen) atoms. The molecular formula is C47H86NO8P. The van der Waals surface area contributed by atoms with Gasteiger partial charge in [-0.05, 0) is 57.8 Å². The van der Waals surface area contributed by atoms with Gasteiger partial charge >= 0.3 is 19.8 Å². The summed E-state index contributed by atoms with van der Waals surface area (Å²) in [6.45, 7) is 3.68. The van der Waals surface area contributed by atoms with Crippen LogP contribution in [-0.4, -0.2) is 49.3 Å². The smallest absolute Gasteiger partial charge is 0.462 e. The predicted octanol–water partition coefficient (Wildman–Crippen LogP) is 13.5. The Morgan fingerprint density at radius 1 is 0.526 bits per heavy atom. The lowest BCUT2D eigenvalue weighted by Crippen LogP contribution is -2.29. The molecule has 0 aromatic rings. The normalized spacial score (nSPS) is 13.7. The van der Waals surface area contributed by atoms with Crippen LogP contribution in [0.1, 0.15) is 206 Å². The van der Waals surface area contributed by atoms with Crippen molar-refractivity contribution in [1.29, 1.82) is 0 Å². The third kappa shape index (κ3) is 43.4. The van der Waals surface area contributed by atoms with Gasteiger partial charge in [-0.3, -0.25) is 18.6 Å². The van der Waals surface area contributed by atoms with E-state index in [2.05, 4.69) is 62.5 Å². The number of ether oxygens (including phenoxy) is 2. The van der Waals surface area contributed by atoms with Crippen molar-refractivity contribution in [2.75, 3.05) is 26.4 Å². The molecular weight excluding hydrogens is 737 g/mol. The number of carbonyl (C=O) groups excluding carboxylic acids is 2. The van der Waals surface area contributed by atoms with Crippen LogP contribution in [0, 0.1) is 0 Å². The molecule has 0 spiro atoms. The van der Waals surface area contributed by atoms with Crippen molar-refractivity contribution in [2.24, 2.45) is 5.73 Å². The summed E-state index contributed by atoms with van der Waals surface area (Å²) in [4.78, 5) is 34.9. The number of carbonyl (C=O) groups is 2. The van der Waals surface area contributed by atoms with Crippen molar-refractivity contribution < 1.29 is 37.6 Å². The van der Waals surface area contributed by atoms with Crippen LogP contribution < -0.4 is 5.73 Å².